The van der Waals surface area contributed by atoms with Gasteiger partial charge in [-0.05, 0) is 6.07 Å². The first-order valence-electron chi connectivity index (χ1n) is 3.91. The summed E-state index contributed by atoms with van der Waals surface area (Å²) in [4.78, 5) is 18.5. The zero-order valence-electron chi connectivity index (χ0n) is 6.96. The predicted molar refractivity (Wildman–Crippen MR) is 49.9 cm³/mol. The SMILES string of the molecule is O=c1[nH]cnc2sc(CC(F)F)cc12. The number of halogens is 2. The molecule has 0 unspecified atom stereocenters. The molecule has 6 heteroatoms. The lowest BCUT2D eigenvalue weighted by atomic mass is 10.3. The van der Waals surface area contributed by atoms with Gasteiger partial charge in [-0.25, -0.2) is 13.8 Å². The molecule has 3 nitrogen and oxygen atoms in total. The number of rotatable bonds is 2. The Morgan fingerprint density at radius 1 is 1.57 bits per heavy atom. The van der Waals surface area contributed by atoms with Crippen molar-refractivity contribution in [1.82, 2.24) is 9.97 Å². The summed E-state index contributed by atoms with van der Waals surface area (Å²) in [5.74, 6) is 0. The van der Waals surface area contributed by atoms with Gasteiger partial charge in [0.15, 0.2) is 0 Å². The molecule has 0 fully saturated rings. The van der Waals surface area contributed by atoms with E-state index < -0.39 is 6.43 Å². The fourth-order valence-electron chi connectivity index (χ4n) is 1.17. The number of H-pyrrole nitrogens is 1. The number of hydrogen-bond acceptors (Lipinski definition) is 3. The Hall–Kier alpha value is -1.30. The van der Waals surface area contributed by atoms with Crippen molar-refractivity contribution in [1.29, 1.82) is 0 Å². The Morgan fingerprint density at radius 3 is 3.00 bits per heavy atom. The van der Waals surface area contributed by atoms with Crippen molar-refractivity contribution in [3.63, 3.8) is 0 Å². The Kier molecular flexibility index (Phi) is 2.28. The first kappa shape index (κ1) is 9.26. The van der Waals surface area contributed by atoms with Crippen LogP contribution in [0.4, 0.5) is 8.78 Å². The van der Waals surface area contributed by atoms with Crippen LogP contribution in [0.3, 0.4) is 0 Å². The van der Waals surface area contributed by atoms with Gasteiger partial charge in [0.25, 0.3) is 5.56 Å². The molecule has 2 aromatic rings. The minimum absolute atomic E-state index is 0.285. The topological polar surface area (TPSA) is 45.8 Å². The van der Waals surface area contributed by atoms with Crippen molar-refractivity contribution in [2.75, 3.05) is 0 Å². The first-order chi connectivity index (χ1) is 6.66. The standard InChI is InChI=1S/C8H6F2N2OS/c9-6(10)2-4-1-5-7(13)11-3-12-8(5)14-4/h1,3,6H,2H2,(H,11,12,13). The summed E-state index contributed by atoms with van der Waals surface area (Å²) >= 11 is 1.13. The molecule has 0 saturated heterocycles. The number of aromatic amines is 1. The Balaban J connectivity index is 2.52. The van der Waals surface area contributed by atoms with E-state index in [4.69, 9.17) is 0 Å². The minimum atomic E-state index is -2.39. The molecule has 0 aliphatic carbocycles. The Labute approximate surface area is 81.4 Å². The van der Waals surface area contributed by atoms with Crippen LogP contribution < -0.4 is 5.56 Å². The van der Waals surface area contributed by atoms with Gasteiger partial charge in [0.05, 0.1) is 11.7 Å². The molecule has 0 radical (unpaired) electrons. The van der Waals surface area contributed by atoms with Crippen molar-refractivity contribution in [3.8, 4) is 0 Å². The van der Waals surface area contributed by atoms with E-state index in [0.29, 0.717) is 15.1 Å². The highest BCUT2D eigenvalue weighted by atomic mass is 32.1. The summed E-state index contributed by atoms with van der Waals surface area (Å²) in [6.45, 7) is 0. The van der Waals surface area contributed by atoms with Crippen LogP contribution in [-0.2, 0) is 6.42 Å². The van der Waals surface area contributed by atoms with Crippen molar-refractivity contribution in [2.45, 2.75) is 12.8 Å². The molecule has 0 aliphatic rings. The first-order valence-corrected chi connectivity index (χ1v) is 4.72. The van der Waals surface area contributed by atoms with Gasteiger partial charge in [0, 0.05) is 11.3 Å². The number of fused-ring (bicyclic) bond motifs is 1. The molecule has 14 heavy (non-hydrogen) atoms. The lowest BCUT2D eigenvalue weighted by Crippen LogP contribution is -2.03. The van der Waals surface area contributed by atoms with Crippen LogP contribution in [0.25, 0.3) is 10.2 Å². The molecule has 0 atom stereocenters. The summed E-state index contributed by atoms with van der Waals surface area (Å²) < 4.78 is 24.1. The number of hydrogen-bond donors (Lipinski definition) is 1. The second-order valence-corrected chi connectivity index (χ2v) is 3.87. The highest BCUT2D eigenvalue weighted by Crippen LogP contribution is 2.22. The Bertz CT molecular complexity index is 505. The molecule has 0 aliphatic heterocycles. The van der Waals surface area contributed by atoms with E-state index in [1.165, 1.54) is 12.4 Å². The van der Waals surface area contributed by atoms with Gasteiger partial charge in [-0.15, -0.1) is 11.3 Å². The van der Waals surface area contributed by atoms with E-state index in [-0.39, 0.29) is 12.0 Å². The lowest BCUT2D eigenvalue weighted by Gasteiger charge is -1.91. The zero-order chi connectivity index (χ0) is 10.1. The van der Waals surface area contributed by atoms with E-state index in [9.17, 15) is 13.6 Å². The minimum Gasteiger partial charge on any atom is -0.313 e. The smallest absolute Gasteiger partial charge is 0.259 e. The van der Waals surface area contributed by atoms with Crippen LogP contribution in [-0.4, -0.2) is 16.4 Å². The summed E-state index contributed by atoms with van der Waals surface area (Å²) in [5.41, 5.74) is -0.285. The lowest BCUT2D eigenvalue weighted by molar-refractivity contribution is 0.150. The average molecular weight is 216 g/mol. The van der Waals surface area contributed by atoms with Crippen molar-refractivity contribution >= 4 is 21.6 Å². The van der Waals surface area contributed by atoms with E-state index >= 15 is 0 Å². The van der Waals surface area contributed by atoms with Crippen LogP contribution >= 0.6 is 11.3 Å². The van der Waals surface area contributed by atoms with Crippen molar-refractivity contribution in [3.05, 3.63) is 27.6 Å². The third-order valence-electron chi connectivity index (χ3n) is 1.74. The second-order valence-electron chi connectivity index (χ2n) is 2.76. The molecule has 0 aromatic carbocycles. The normalized spacial score (nSPS) is 11.4. The molecule has 0 bridgehead atoms. The summed E-state index contributed by atoms with van der Waals surface area (Å²) in [6, 6.07) is 1.47. The second kappa shape index (κ2) is 3.45. The van der Waals surface area contributed by atoms with Gasteiger partial charge in [-0.1, -0.05) is 0 Å². The summed E-state index contributed by atoms with van der Waals surface area (Å²) in [5, 5.41) is 0.383. The molecule has 2 aromatic heterocycles. The number of nitrogens with zero attached hydrogens (tertiary/aromatic N) is 1. The maximum Gasteiger partial charge on any atom is 0.259 e. The molecule has 2 rings (SSSR count). The monoisotopic (exact) mass is 216 g/mol. The maximum atomic E-state index is 12.0. The number of nitrogens with one attached hydrogen (secondary N) is 1. The fraction of sp³-hybridized carbons (Fsp3) is 0.250. The largest absolute Gasteiger partial charge is 0.313 e. The van der Waals surface area contributed by atoms with Crippen LogP contribution in [0.2, 0.25) is 0 Å². The van der Waals surface area contributed by atoms with Gasteiger partial charge in [-0.3, -0.25) is 4.79 Å². The summed E-state index contributed by atoms with van der Waals surface area (Å²) in [6.07, 6.45) is -1.43. The molecule has 0 spiro atoms. The van der Waals surface area contributed by atoms with E-state index in [0.717, 1.165) is 11.3 Å². The molecular weight excluding hydrogens is 210 g/mol. The van der Waals surface area contributed by atoms with Crippen LogP contribution in [0.5, 0.6) is 0 Å². The van der Waals surface area contributed by atoms with E-state index in [2.05, 4.69) is 9.97 Å². The van der Waals surface area contributed by atoms with Gasteiger partial charge in [0.1, 0.15) is 4.83 Å². The molecule has 0 amide bonds. The van der Waals surface area contributed by atoms with E-state index in [1.54, 1.807) is 0 Å². The highest BCUT2D eigenvalue weighted by molar-refractivity contribution is 7.18. The summed E-state index contributed by atoms with van der Waals surface area (Å²) in [7, 11) is 0. The molecule has 74 valence electrons. The highest BCUT2D eigenvalue weighted by Gasteiger charge is 2.10. The van der Waals surface area contributed by atoms with Crippen LogP contribution in [0, 0.1) is 0 Å². The molecule has 0 saturated carbocycles. The molecular formula is C8H6F2N2OS. The van der Waals surface area contributed by atoms with Gasteiger partial charge >= 0.3 is 0 Å². The van der Waals surface area contributed by atoms with Crippen molar-refractivity contribution in [2.24, 2.45) is 0 Å². The zero-order valence-corrected chi connectivity index (χ0v) is 7.78. The van der Waals surface area contributed by atoms with Gasteiger partial charge < -0.3 is 4.98 Å². The Morgan fingerprint density at radius 2 is 2.36 bits per heavy atom. The number of thiophene rings is 1. The van der Waals surface area contributed by atoms with Gasteiger partial charge in [-0.2, -0.15) is 0 Å². The predicted octanol–water partition coefficient (Wildman–Crippen LogP) is 1.79. The number of alkyl halides is 2. The molecule has 1 N–H and O–H groups in total. The number of aromatic nitrogens is 2. The maximum absolute atomic E-state index is 12.0. The van der Waals surface area contributed by atoms with Gasteiger partial charge in [0.2, 0.25) is 6.43 Å². The fourth-order valence-corrected chi connectivity index (χ4v) is 2.17. The average Bonchev–Trinajstić information content (AvgIpc) is 2.47. The third kappa shape index (κ3) is 1.65. The van der Waals surface area contributed by atoms with Crippen LogP contribution in [0.1, 0.15) is 4.88 Å². The van der Waals surface area contributed by atoms with Crippen molar-refractivity contribution < 1.29 is 8.78 Å². The third-order valence-corrected chi connectivity index (χ3v) is 2.81. The van der Waals surface area contributed by atoms with E-state index in [1.807, 2.05) is 0 Å². The van der Waals surface area contributed by atoms with Crippen LogP contribution in [0.15, 0.2) is 17.2 Å². The quantitative estimate of drug-likeness (QED) is 0.831. The molecule has 2 heterocycles.